The Hall–Kier alpha value is -2.25. The molecule has 1 saturated heterocycles. The van der Waals surface area contributed by atoms with Gasteiger partial charge in [0.25, 0.3) is 0 Å². The maximum absolute atomic E-state index is 15.5. The molecule has 1 aliphatic rings. The van der Waals surface area contributed by atoms with E-state index < -0.39 is 35.7 Å². The number of ether oxygens (including phenoxy) is 1. The van der Waals surface area contributed by atoms with Crippen LogP contribution in [-0.4, -0.2) is 24.9 Å². The molecule has 1 heterocycles. The van der Waals surface area contributed by atoms with Gasteiger partial charge in [-0.3, -0.25) is 0 Å². The van der Waals surface area contributed by atoms with Gasteiger partial charge in [0.15, 0.2) is 0 Å². The van der Waals surface area contributed by atoms with Crippen LogP contribution in [0.3, 0.4) is 0 Å². The summed E-state index contributed by atoms with van der Waals surface area (Å²) in [5.41, 5.74) is -2.26. The van der Waals surface area contributed by atoms with Crippen LogP contribution in [0, 0.1) is 11.6 Å². The first-order valence-electron chi connectivity index (χ1n) is 9.48. The van der Waals surface area contributed by atoms with Gasteiger partial charge < -0.3 is 14.0 Å². The molecule has 29 heavy (non-hydrogen) atoms. The fraction of sp³-hybridized carbons (Fsp3) is 0.364. The molecule has 1 fully saturated rings. The van der Waals surface area contributed by atoms with Gasteiger partial charge in [-0.15, -0.1) is 0 Å². The van der Waals surface area contributed by atoms with E-state index in [1.807, 2.05) is 18.2 Å². The van der Waals surface area contributed by atoms with E-state index in [1.165, 1.54) is 6.07 Å². The fourth-order valence-electron chi connectivity index (χ4n) is 2.99. The van der Waals surface area contributed by atoms with E-state index in [4.69, 9.17) is 14.0 Å². The molecular formula is C22H24BF3O3. The largest absolute Gasteiger partial charge is 0.525 e. The minimum absolute atomic E-state index is 0.0249. The van der Waals surface area contributed by atoms with Gasteiger partial charge in [0.1, 0.15) is 23.1 Å². The minimum Gasteiger partial charge on any atom is -0.493 e. The van der Waals surface area contributed by atoms with Crippen molar-refractivity contribution < 1.29 is 27.2 Å². The monoisotopic (exact) mass is 404 g/mol. The lowest BCUT2D eigenvalue weighted by Crippen LogP contribution is -2.41. The molecule has 0 bridgehead atoms. The van der Waals surface area contributed by atoms with Crippen molar-refractivity contribution in [3.8, 4) is 5.75 Å². The van der Waals surface area contributed by atoms with Gasteiger partial charge >= 0.3 is 7.12 Å². The summed E-state index contributed by atoms with van der Waals surface area (Å²) in [6.45, 7) is 7.31. The van der Waals surface area contributed by atoms with Crippen LogP contribution in [0.5, 0.6) is 5.75 Å². The van der Waals surface area contributed by atoms with E-state index in [0.29, 0.717) is 5.75 Å². The summed E-state index contributed by atoms with van der Waals surface area (Å²) in [6, 6.07) is 12.1. The third-order valence-electron chi connectivity index (χ3n) is 5.37. The van der Waals surface area contributed by atoms with Crippen molar-refractivity contribution in [2.75, 3.05) is 6.61 Å². The Morgan fingerprint density at radius 1 is 0.966 bits per heavy atom. The van der Waals surface area contributed by atoms with Crippen LogP contribution in [0.2, 0.25) is 0 Å². The molecule has 3 nitrogen and oxygen atoms in total. The van der Waals surface area contributed by atoms with E-state index in [0.717, 1.165) is 12.1 Å². The number of benzene rings is 2. The molecule has 7 heteroatoms. The summed E-state index contributed by atoms with van der Waals surface area (Å²) in [4.78, 5) is 0. The molecule has 0 radical (unpaired) electrons. The molecule has 0 aromatic heterocycles. The highest BCUT2D eigenvalue weighted by Gasteiger charge is 2.53. The molecule has 2 aromatic rings. The molecule has 0 unspecified atom stereocenters. The molecule has 0 N–H and O–H groups in total. The number of para-hydroxylation sites is 1. The van der Waals surface area contributed by atoms with Crippen LogP contribution in [-0.2, 0) is 9.31 Å². The molecule has 0 atom stereocenters. The zero-order valence-electron chi connectivity index (χ0n) is 17.0. The highest BCUT2D eigenvalue weighted by molar-refractivity contribution is 6.55. The smallest absolute Gasteiger partial charge is 0.493 e. The van der Waals surface area contributed by atoms with E-state index >= 15 is 4.39 Å². The Morgan fingerprint density at radius 3 is 2.17 bits per heavy atom. The normalized spacial score (nSPS) is 18.5. The number of hydrogen-bond acceptors (Lipinski definition) is 3. The Kier molecular flexibility index (Phi) is 6.10. The molecule has 1 aliphatic heterocycles. The van der Waals surface area contributed by atoms with E-state index in [-0.39, 0.29) is 24.2 Å². The Morgan fingerprint density at radius 2 is 1.59 bits per heavy atom. The van der Waals surface area contributed by atoms with Gasteiger partial charge in [-0.05, 0) is 57.5 Å². The number of hydrogen-bond donors (Lipinski definition) is 0. The number of halogens is 3. The minimum atomic E-state index is -1.28. The van der Waals surface area contributed by atoms with Gasteiger partial charge in [-0.1, -0.05) is 18.2 Å². The van der Waals surface area contributed by atoms with Crippen molar-refractivity contribution >= 4 is 12.7 Å². The summed E-state index contributed by atoms with van der Waals surface area (Å²) >= 11 is 0. The van der Waals surface area contributed by atoms with E-state index in [1.54, 1.807) is 39.8 Å². The molecule has 0 saturated carbocycles. The zero-order valence-corrected chi connectivity index (χ0v) is 17.0. The van der Waals surface area contributed by atoms with Crippen molar-refractivity contribution in [1.29, 1.82) is 0 Å². The van der Waals surface area contributed by atoms with E-state index in [2.05, 4.69) is 0 Å². The van der Waals surface area contributed by atoms with Crippen molar-refractivity contribution in [1.82, 2.24) is 0 Å². The van der Waals surface area contributed by atoms with Crippen molar-refractivity contribution in [2.24, 2.45) is 0 Å². The molecule has 2 aromatic carbocycles. The van der Waals surface area contributed by atoms with Crippen LogP contribution >= 0.6 is 0 Å². The lowest BCUT2D eigenvalue weighted by atomic mass is 9.81. The molecular weight excluding hydrogens is 380 g/mol. The predicted molar refractivity (Wildman–Crippen MR) is 107 cm³/mol. The quantitative estimate of drug-likeness (QED) is 0.575. The van der Waals surface area contributed by atoms with E-state index in [9.17, 15) is 8.78 Å². The molecule has 0 amide bonds. The average molecular weight is 404 g/mol. The zero-order chi connectivity index (χ0) is 21.2. The lowest BCUT2D eigenvalue weighted by molar-refractivity contribution is 0.00578. The van der Waals surface area contributed by atoms with Gasteiger partial charge in [-0.2, -0.15) is 0 Å². The standard InChI is InChI=1S/C22H24BF3O3/c1-21(2)22(3,4)29-23(28-21)20(26)18(17-11-10-15(24)14-19(17)25)12-13-27-16-8-6-5-7-9-16/h5-11,14H,12-13H2,1-4H3. The number of rotatable bonds is 6. The first-order chi connectivity index (χ1) is 13.6. The highest BCUT2D eigenvalue weighted by Crippen LogP contribution is 2.41. The first-order valence-corrected chi connectivity index (χ1v) is 9.48. The third kappa shape index (κ3) is 4.68. The summed E-state index contributed by atoms with van der Waals surface area (Å²) in [6.07, 6.45) is 0.0490. The second-order valence-electron chi connectivity index (χ2n) is 7.95. The molecule has 3 rings (SSSR count). The molecule has 154 valence electrons. The fourth-order valence-corrected chi connectivity index (χ4v) is 2.99. The molecule has 0 aliphatic carbocycles. The SMILES string of the molecule is CC1(C)OB(C(F)=C(CCOc2ccccc2)c2ccc(F)cc2F)OC1(C)C. The summed E-state index contributed by atoms with van der Waals surface area (Å²) < 4.78 is 60.4. The van der Waals surface area contributed by atoms with Gasteiger partial charge in [0.05, 0.1) is 17.8 Å². The predicted octanol–water partition coefficient (Wildman–Crippen LogP) is 5.75. The van der Waals surface area contributed by atoms with Crippen LogP contribution in [0.25, 0.3) is 5.57 Å². The maximum atomic E-state index is 15.5. The maximum Gasteiger partial charge on any atom is 0.525 e. The second-order valence-corrected chi connectivity index (χ2v) is 7.95. The lowest BCUT2D eigenvalue weighted by Gasteiger charge is -2.32. The highest BCUT2D eigenvalue weighted by atomic mass is 19.1. The summed E-state index contributed by atoms with van der Waals surface area (Å²) in [5, 5.41) is 0. The van der Waals surface area contributed by atoms with Crippen LogP contribution < -0.4 is 4.74 Å². The Bertz CT molecular complexity index is 881. The average Bonchev–Trinajstić information content (AvgIpc) is 2.87. The Balaban J connectivity index is 1.90. The summed E-state index contributed by atoms with van der Waals surface area (Å²) in [7, 11) is -1.28. The van der Waals surface area contributed by atoms with Crippen LogP contribution in [0.15, 0.2) is 54.3 Å². The van der Waals surface area contributed by atoms with Crippen LogP contribution in [0.1, 0.15) is 39.7 Å². The van der Waals surface area contributed by atoms with Gasteiger partial charge in [-0.25, -0.2) is 13.2 Å². The van der Waals surface area contributed by atoms with Gasteiger partial charge in [0.2, 0.25) is 0 Å². The van der Waals surface area contributed by atoms with Crippen LogP contribution in [0.4, 0.5) is 13.2 Å². The topological polar surface area (TPSA) is 27.7 Å². The third-order valence-corrected chi connectivity index (χ3v) is 5.37. The Labute approximate surface area is 169 Å². The van der Waals surface area contributed by atoms with Crippen molar-refractivity contribution in [3.05, 3.63) is 71.5 Å². The molecule has 0 spiro atoms. The second kappa shape index (κ2) is 8.24. The van der Waals surface area contributed by atoms with Gasteiger partial charge in [0, 0.05) is 18.1 Å². The van der Waals surface area contributed by atoms with Crippen molar-refractivity contribution in [2.45, 2.75) is 45.3 Å². The first kappa shape index (κ1) is 21.5. The summed E-state index contributed by atoms with van der Waals surface area (Å²) in [5.74, 6) is -0.976. The van der Waals surface area contributed by atoms with Crippen molar-refractivity contribution in [3.63, 3.8) is 0 Å².